The second-order valence-corrected chi connectivity index (χ2v) is 7.05. The summed E-state index contributed by atoms with van der Waals surface area (Å²) < 4.78 is 0. The summed E-state index contributed by atoms with van der Waals surface area (Å²) in [5.74, 6) is 1.74. The summed E-state index contributed by atoms with van der Waals surface area (Å²) >= 11 is 0. The number of nitrogens with two attached hydrogens (primary N) is 1. The zero-order valence-electron chi connectivity index (χ0n) is 13.7. The van der Waals surface area contributed by atoms with E-state index in [1.165, 1.54) is 45.3 Å². The standard InChI is InChI=1S/C17H33N3O/c1-15(6-9-18)4-5-17(21)20-12-7-16(8-13-20)14-19-10-2-3-11-19/h15-16H,2-14,18H2,1H3. The van der Waals surface area contributed by atoms with E-state index in [0.29, 0.717) is 18.2 Å². The lowest BCUT2D eigenvalue weighted by atomic mass is 9.95. The van der Waals surface area contributed by atoms with E-state index in [9.17, 15) is 4.79 Å². The lowest BCUT2D eigenvalue weighted by Gasteiger charge is -2.34. The van der Waals surface area contributed by atoms with Gasteiger partial charge in [0.15, 0.2) is 0 Å². The Labute approximate surface area is 130 Å². The fourth-order valence-electron chi connectivity index (χ4n) is 3.65. The summed E-state index contributed by atoms with van der Waals surface area (Å²) in [6.07, 6.45) is 7.87. The van der Waals surface area contributed by atoms with E-state index in [2.05, 4.69) is 16.7 Å². The largest absolute Gasteiger partial charge is 0.343 e. The molecule has 2 N–H and O–H groups in total. The van der Waals surface area contributed by atoms with Crippen molar-refractivity contribution >= 4 is 5.91 Å². The number of likely N-dealkylation sites (tertiary alicyclic amines) is 2. The molecular weight excluding hydrogens is 262 g/mol. The molecule has 0 aromatic heterocycles. The third-order valence-corrected chi connectivity index (χ3v) is 5.19. The highest BCUT2D eigenvalue weighted by atomic mass is 16.2. The van der Waals surface area contributed by atoms with Crippen LogP contribution >= 0.6 is 0 Å². The van der Waals surface area contributed by atoms with Crippen molar-refractivity contribution in [1.82, 2.24) is 9.80 Å². The van der Waals surface area contributed by atoms with Gasteiger partial charge in [0, 0.05) is 26.1 Å². The molecule has 0 aliphatic carbocycles. The number of amides is 1. The molecule has 0 spiro atoms. The first-order valence-electron chi connectivity index (χ1n) is 8.89. The normalized spacial score (nSPS) is 22.7. The fraction of sp³-hybridized carbons (Fsp3) is 0.941. The SMILES string of the molecule is CC(CCN)CCC(=O)N1CCC(CN2CCCC2)CC1. The molecule has 1 unspecified atom stereocenters. The molecule has 2 heterocycles. The highest BCUT2D eigenvalue weighted by Gasteiger charge is 2.25. The first-order chi connectivity index (χ1) is 10.2. The maximum absolute atomic E-state index is 12.2. The van der Waals surface area contributed by atoms with Crippen molar-refractivity contribution in [3.8, 4) is 0 Å². The molecule has 2 fully saturated rings. The number of hydrogen-bond acceptors (Lipinski definition) is 3. The van der Waals surface area contributed by atoms with Crippen LogP contribution in [0.5, 0.6) is 0 Å². The molecular formula is C17H33N3O. The predicted octanol–water partition coefficient (Wildman–Crippen LogP) is 2.09. The Kier molecular flexibility index (Phi) is 6.97. The van der Waals surface area contributed by atoms with Crippen LogP contribution < -0.4 is 5.73 Å². The summed E-state index contributed by atoms with van der Waals surface area (Å²) in [6.45, 7) is 8.72. The Bertz CT molecular complexity index is 307. The maximum atomic E-state index is 12.2. The molecule has 2 saturated heterocycles. The van der Waals surface area contributed by atoms with Crippen LogP contribution in [0.1, 0.15) is 51.9 Å². The highest BCUT2D eigenvalue weighted by Crippen LogP contribution is 2.21. The van der Waals surface area contributed by atoms with Crippen molar-refractivity contribution in [2.24, 2.45) is 17.6 Å². The van der Waals surface area contributed by atoms with Crippen molar-refractivity contribution in [3.63, 3.8) is 0 Å². The lowest BCUT2D eigenvalue weighted by Crippen LogP contribution is -2.41. The zero-order chi connectivity index (χ0) is 15.1. The molecule has 2 aliphatic heterocycles. The van der Waals surface area contributed by atoms with Crippen molar-refractivity contribution < 1.29 is 4.79 Å². The van der Waals surface area contributed by atoms with Crippen LogP contribution in [0.2, 0.25) is 0 Å². The number of carbonyl (C=O) groups excluding carboxylic acids is 1. The Morgan fingerprint density at radius 2 is 1.81 bits per heavy atom. The van der Waals surface area contributed by atoms with Gasteiger partial charge in [0.05, 0.1) is 0 Å². The van der Waals surface area contributed by atoms with Crippen LogP contribution in [0.3, 0.4) is 0 Å². The van der Waals surface area contributed by atoms with Crippen molar-refractivity contribution in [3.05, 3.63) is 0 Å². The van der Waals surface area contributed by atoms with Crippen molar-refractivity contribution in [1.29, 1.82) is 0 Å². The fourth-order valence-corrected chi connectivity index (χ4v) is 3.65. The van der Waals surface area contributed by atoms with Gasteiger partial charge in [-0.2, -0.15) is 0 Å². The number of hydrogen-bond donors (Lipinski definition) is 1. The van der Waals surface area contributed by atoms with E-state index in [1.807, 2.05) is 0 Å². The van der Waals surface area contributed by atoms with Crippen LogP contribution in [0, 0.1) is 11.8 Å². The van der Waals surface area contributed by atoms with Crippen LogP contribution in [-0.2, 0) is 4.79 Å². The summed E-state index contributed by atoms with van der Waals surface area (Å²) in [5.41, 5.74) is 5.56. The van der Waals surface area contributed by atoms with Gasteiger partial charge >= 0.3 is 0 Å². The number of piperidine rings is 1. The first kappa shape index (κ1) is 16.8. The highest BCUT2D eigenvalue weighted by molar-refractivity contribution is 5.76. The van der Waals surface area contributed by atoms with E-state index in [1.54, 1.807) is 0 Å². The Hall–Kier alpha value is -0.610. The van der Waals surface area contributed by atoms with Gasteiger partial charge < -0.3 is 15.5 Å². The number of nitrogens with zero attached hydrogens (tertiary/aromatic N) is 2. The van der Waals surface area contributed by atoms with Crippen LogP contribution in [-0.4, -0.2) is 55.0 Å². The molecule has 4 nitrogen and oxygen atoms in total. The lowest BCUT2D eigenvalue weighted by molar-refractivity contribution is -0.133. The van der Waals surface area contributed by atoms with Crippen molar-refractivity contribution in [2.75, 3.05) is 39.3 Å². The van der Waals surface area contributed by atoms with Gasteiger partial charge in [0.2, 0.25) is 5.91 Å². The third-order valence-electron chi connectivity index (χ3n) is 5.19. The van der Waals surface area contributed by atoms with E-state index < -0.39 is 0 Å². The van der Waals surface area contributed by atoms with Gasteiger partial charge in [-0.1, -0.05) is 6.92 Å². The van der Waals surface area contributed by atoms with Crippen LogP contribution in [0.4, 0.5) is 0 Å². The van der Waals surface area contributed by atoms with E-state index in [-0.39, 0.29) is 0 Å². The van der Waals surface area contributed by atoms with E-state index in [4.69, 9.17) is 5.73 Å². The second kappa shape index (κ2) is 8.74. The molecule has 0 radical (unpaired) electrons. The Morgan fingerprint density at radius 3 is 2.43 bits per heavy atom. The molecule has 2 rings (SSSR count). The van der Waals surface area contributed by atoms with Gasteiger partial charge in [-0.15, -0.1) is 0 Å². The van der Waals surface area contributed by atoms with Crippen molar-refractivity contribution in [2.45, 2.75) is 51.9 Å². The monoisotopic (exact) mass is 295 g/mol. The van der Waals surface area contributed by atoms with E-state index in [0.717, 1.165) is 38.4 Å². The topological polar surface area (TPSA) is 49.6 Å². The van der Waals surface area contributed by atoms with Gasteiger partial charge in [-0.05, 0) is 70.0 Å². The average Bonchev–Trinajstić information content (AvgIpc) is 2.99. The van der Waals surface area contributed by atoms with Crippen LogP contribution in [0.15, 0.2) is 0 Å². The molecule has 2 aliphatic rings. The molecule has 4 heteroatoms. The minimum absolute atomic E-state index is 0.360. The first-order valence-corrected chi connectivity index (χ1v) is 8.89. The minimum Gasteiger partial charge on any atom is -0.343 e. The maximum Gasteiger partial charge on any atom is 0.222 e. The minimum atomic E-state index is 0.360. The molecule has 1 amide bonds. The average molecular weight is 295 g/mol. The molecule has 0 bridgehead atoms. The quantitative estimate of drug-likeness (QED) is 0.782. The summed E-state index contributed by atoms with van der Waals surface area (Å²) in [6, 6.07) is 0. The van der Waals surface area contributed by atoms with Gasteiger partial charge in [-0.25, -0.2) is 0 Å². The van der Waals surface area contributed by atoms with E-state index >= 15 is 0 Å². The van der Waals surface area contributed by atoms with Gasteiger partial charge in [0.25, 0.3) is 0 Å². The smallest absolute Gasteiger partial charge is 0.222 e. The number of rotatable bonds is 7. The molecule has 1 atom stereocenters. The molecule has 0 saturated carbocycles. The Balaban J connectivity index is 1.62. The number of carbonyl (C=O) groups is 1. The molecule has 0 aromatic carbocycles. The van der Waals surface area contributed by atoms with Crippen LogP contribution in [0.25, 0.3) is 0 Å². The summed E-state index contributed by atoms with van der Waals surface area (Å²) in [5, 5.41) is 0. The summed E-state index contributed by atoms with van der Waals surface area (Å²) in [7, 11) is 0. The molecule has 0 aromatic rings. The molecule has 21 heavy (non-hydrogen) atoms. The second-order valence-electron chi connectivity index (χ2n) is 7.05. The predicted molar refractivity (Wildman–Crippen MR) is 87.0 cm³/mol. The third kappa shape index (κ3) is 5.59. The summed E-state index contributed by atoms with van der Waals surface area (Å²) in [4.78, 5) is 16.9. The molecule has 122 valence electrons. The Morgan fingerprint density at radius 1 is 1.14 bits per heavy atom. The van der Waals surface area contributed by atoms with Gasteiger partial charge in [0.1, 0.15) is 0 Å². The van der Waals surface area contributed by atoms with Gasteiger partial charge in [-0.3, -0.25) is 4.79 Å². The zero-order valence-corrected chi connectivity index (χ0v) is 13.7.